The summed E-state index contributed by atoms with van der Waals surface area (Å²) in [5.74, 6) is 0.704. The number of hydrogen-bond donors (Lipinski definition) is 0. The third kappa shape index (κ3) is 4.25. The minimum Gasteiger partial charge on any atom is -0.487 e. The Balaban J connectivity index is 1.57. The number of nitrogens with zero attached hydrogens (tertiary/aromatic N) is 1. The lowest BCUT2D eigenvalue weighted by Gasteiger charge is -2.53. The van der Waals surface area contributed by atoms with Crippen LogP contribution in [0, 0.1) is 11.8 Å². The maximum absolute atomic E-state index is 12.6. The Morgan fingerprint density at radius 1 is 1.23 bits per heavy atom. The van der Waals surface area contributed by atoms with Gasteiger partial charge in [0.2, 0.25) is 0 Å². The van der Waals surface area contributed by atoms with Crippen molar-refractivity contribution in [1.82, 2.24) is 4.90 Å². The largest absolute Gasteiger partial charge is 0.487 e. The lowest BCUT2D eigenvalue weighted by Crippen LogP contribution is -2.56. The number of piperidine rings is 1. The minimum absolute atomic E-state index is 0.0588. The van der Waals surface area contributed by atoms with E-state index < -0.39 is 11.2 Å². The molecule has 7 heteroatoms. The zero-order valence-electron chi connectivity index (χ0n) is 19.3. The van der Waals surface area contributed by atoms with E-state index in [-0.39, 0.29) is 36.1 Å². The number of esters is 1. The molecule has 2 saturated heterocycles. The average Bonchev–Trinajstić information content (AvgIpc) is 2.70. The first kappa shape index (κ1) is 21.9. The standard InChI is InChI=1S/C24H33NO6/c1-23(2,3)31-22(27)25-10-9-18-15(13-25)12-17-20(29-18)16-11-14(21(26)28-6)7-8-19(16)30-24(17,4)5/h7-8,11,15,17-18,20H,9-10,12-13H2,1-6H3/t15-,17-,18-,20+/m1/s1. The SMILES string of the molecule is COC(=O)c1ccc2c(c1)[C@@H]1O[C@@H]3CCN(C(=O)OC(C)(C)C)C[C@H]3C[C@H]1C(C)(C)O2. The summed E-state index contributed by atoms with van der Waals surface area (Å²) in [6.07, 6.45) is 1.28. The second kappa shape index (κ2) is 7.69. The van der Waals surface area contributed by atoms with Crippen LogP contribution in [0.4, 0.5) is 4.79 Å². The second-order valence-corrected chi connectivity index (χ2v) is 10.4. The van der Waals surface area contributed by atoms with E-state index in [2.05, 4.69) is 13.8 Å². The number of benzene rings is 1. The maximum Gasteiger partial charge on any atom is 0.410 e. The Hall–Kier alpha value is -2.28. The van der Waals surface area contributed by atoms with Gasteiger partial charge in [0.15, 0.2) is 0 Å². The van der Waals surface area contributed by atoms with Gasteiger partial charge in [-0.1, -0.05) is 0 Å². The molecule has 4 rings (SSSR count). The quantitative estimate of drug-likeness (QED) is 0.616. The normalized spacial score (nSPS) is 29.0. The molecule has 1 aromatic carbocycles. The van der Waals surface area contributed by atoms with E-state index in [4.69, 9.17) is 18.9 Å². The maximum atomic E-state index is 12.6. The van der Waals surface area contributed by atoms with Crippen LogP contribution in [0.2, 0.25) is 0 Å². The van der Waals surface area contributed by atoms with Gasteiger partial charge in [0, 0.05) is 30.5 Å². The Labute approximate surface area is 184 Å². The highest BCUT2D eigenvalue weighted by atomic mass is 16.6. The molecule has 3 heterocycles. The zero-order chi connectivity index (χ0) is 22.6. The predicted octanol–water partition coefficient (Wildman–Crippen LogP) is 4.35. The van der Waals surface area contributed by atoms with Crippen molar-refractivity contribution in [2.24, 2.45) is 11.8 Å². The first-order valence-corrected chi connectivity index (χ1v) is 11.0. The van der Waals surface area contributed by atoms with E-state index in [1.165, 1.54) is 7.11 Å². The van der Waals surface area contributed by atoms with Gasteiger partial charge < -0.3 is 23.8 Å². The van der Waals surface area contributed by atoms with Gasteiger partial charge in [0.25, 0.3) is 0 Å². The first-order chi connectivity index (χ1) is 14.5. The lowest BCUT2D eigenvalue weighted by molar-refractivity contribution is -0.185. The Morgan fingerprint density at radius 2 is 1.97 bits per heavy atom. The molecule has 3 aliphatic rings. The topological polar surface area (TPSA) is 74.3 Å². The van der Waals surface area contributed by atoms with Crippen LogP contribution in [0.15, 0.2) is 18.2 Å². The predicted molar refractivity (Wildman–Crippen MR) is 114 cm³/mol. The van der Waals surface area contributed by atoms with Crippen LogP contribution < -0.4 is 4.74 Å². The van der Waals surface area contributed by atoms with Crippen molar-refractivity contribution in [3.05, 3.63) is 29.3 Å². The van der Waals surface area contributed by atoms with E-state index in [0.717, 1.165) is 24.2 Å². The molecule has 4 atom stereocenters. The molecular weight excluding hydrogens is 398 g/mol. The Kier molecular flexibility index (Phi) is 5.44. The monoisotopic (exact) mass is 431 g/mol. The lowest BCUT2D eigenvalue weighted by atomic mass is 9.70. The highest BCUT2D eigenvalue weighted by Crippen LogP contribution is 2.53. The third-order valence-electron chi connectivity index (χ3n) is 6.56. The molecule has 0 radical (unpaired) electrons. The van der Waals surface area contributed by atoms with Crippen molar-refractivity contribution in [3.8, 4) is 5.75 Å². The van der Waals surface area contributed by atoms with E-state index >= 15 is 0 Å². The summed E-state index contributed by atoms with van der Waals surface area (Å²) >= 11 is 0. The first-order valence-electron chi connectivity index (χ1n) is 11.0. The van der Waals surface area contributed by atoms with Crippen LogP contribution in [0.1, 0.15) is 69.5 Å². The highest BCUT2D eigenvalue weighted by molar-refractivity contribution is 5.89. The van der Waals surface area contributed by atoms with Crippen LogP contribution in [0.5, 0.6) is 5.75 Å². The number of amides is 1. The molecule has 3 aliphatic heterocycles. The summed E-state index contributed by atoms with van der Waals surface area (Å²) in [4.78, 5) is 26.4. The molecule has 0 aromatic heterocycles. The molecule has 0 N–H and O–H groups in total. The summed E-state index contributed by atoms with van der Waals surface area (Å²) in [5, 5.41) is 0. The van der Waals surface area contributed by atoms with Gasteiger partial charge >= 0.3 is 12.1 Å². The molecular formula is C24H33NO6. The number of carbonyl (C=O) groups is 2. The number of hydrogen-bond acceptors (Lipinski definition) is 6. The molecule has 0 spiro atoms. The molecule has 31 heavy (non-hydrogen) atoms. The molecule has 0 aliphatic carbocycles. The molecule has 0 unspecified atom stereocenters. The fourth-order valence-electron chi connectivity index (χ4n) is 5.05. The van der Waals surface area contributed by atoms with Gasteiger partial charge in [-0.3, -0.25) is 0 Å². The number of ether oxygens (including phenoxy) is 4. The van der Waals surface area contributed by atoms with Crippen LogP contribution in [0.3, 0.4) is 0 Å². The van der Waals surface area contributed by atoms with Crippen molar-refractivity contribution in [2.45, 2.75) is 70.9 Å². The Bertz CT molecular complexity index is 873. The number of carbonyl (C=O) groups excluding carboxylic acids is 2. The zero-order valence-corrected chi connectivity index (χ0v) is 19.3. The van der Waals surface area contributed by atoms with E-state index in [1.54, 1.807) is 11.0 Å². The molecule has 0 bridgehead atoms. The van der Waals surface area contributed by atoms with Crippen LogP contribution >= 0.6 is 0 Å². The smallest absolute Gasteiger partial charge is 0.410 e. The summed E-state index contributed by atoms with van der Waals surface area (Å²) in [7, 11) is 1.38. The van der Waals surface area contributed by atoms with Gasteiger partial charge in [-0.05, 0) is 65.7 Å². The van der Waals surface area contributed by atoms with Crippen LogP contribution in [0.25, 0.3) is 0 Å². The Morgan fingerprint density at radius 3 is 2.65 bits per heavy atom. The fourth-order valence-corrected chi connectivity index (χ4v) is 5.05. The van der Waals surface area contributed by atoms with E-state index in [0.29, 0.717) is 18.7 Å². The summed E-state index contributed by atoms with van der Waals surface area (Å²) in [6.45, 7) is 11.0. The molecule has 170 valence electrons. The van der Waals surface area contributed by atoms with Crippen LogP contribution in [-0.2, 0) is 14.2 Å². The van der Waals surface area contributed by atoms with Crippen molar-refractivity contribution in [2.75, 3.05) is 20.2 Å². The van der Waals surface area contributed by atoms with Crippen LogP contribution in [-0.4, -0.2) is 54.5 Å². The van der Waals surface area contributed by atoms with Crippen molar-refractivity contribution >= 4 is 12.1 Å². The van der Waals surface area contributed by atoms with E-state index in [1.807, 2.05) is 32.9 Å². The van der Waals surface area contributed by atoms with Gasteiger partial charge in [0.05, 0.1) is 24.9 Å². The summed E-state index contributed by atoms with van der Waals surface area (Å²) < 4.78 is 23.4. The molecule has 1 aromatic rings. The molecule has 2 fully saturated rings. The van der Waals surface area contributed by atoms with Gasteiger partial charge in [0.1, 0.15) is 17.0 Å². The minimum atomic E-state index is -0.512. The fraction of sp³-hybridized carbons (Fsp3) is 0.667. The summed E-state index contributed by atoms with van der Waals surface area (Å²) in [6, 6.07) is 5.40. The number of methoxy groups -OCH3 is 1. The number of fused-ring (bicyclic) bond motifs is 4. The summed E-state index contributed by atoms with van der Waals surface area (Å²) in [5.41, 5.74) is 0.459. The third-order valence-corrected chi connectivity index (χ3v) is 6.56. The van der Waals surface area contributed by atoms with Crippen molar-refractivity contribution in [3.63, 3.8) is 0 Å². The van der Waals surface area contributed by atoms with Gasteiger partial charge in [-0.25, -0.2) is 9.59 Å². The number of likely N-dealkylation sites (tertiary alicyclic amines) is 1. The number of rotatable bonds is 1. The average molecular weight is 432 g/mol. The molecule has 7 nitrogen and oxygen atoms in total. The van der Waals surface area contributed by atoms with E-state index in [9.17, 15) is 9.59 Å². The second-order valence-electron chi connectivity index (χ2n) is 10.4. The molecule has 0 saturated carbocycles. The highest BCUT2D eigenvalue weighted by Gasteiger charge is 2.52. The van der Waals surface area contributed by atoms with Crippen molar-refractivity contribution in [1.29, 1.82) is 0 Å². The van der Waals surface area contributed by atoms with Crippen molar-refractivity contribution < 1.29 is 28.5 Å². The van der Waals surface area contributed by atoms with Gasteiger partial charge in [-0.2, -0.15) is 0 Å². The molecule has 1 amide bonds. The van der Waals surface area contributed by atoms with Gasteiger partial charge in [-0.15, -0.1) is 0 Å².